The minimum atomic E-state index is -4.34. The van der Waals surface area contributed by atoms with Gasteiger partial charge in [-0.2, -0.15) is 13.2 Å². The van der Waals surface area contributed by atoms with Crippen LogP contribution in [0.1, 0.15) is 11.1 Å². The molecule has 0 aromatic heterocycles. The van der Waals surface area contributed by atoms with Crippen LogP contribution in [0.25, 0.3) is 0 Å². The van der Waals surface area contributed by atoms with Crippen molar-refractivity contribution in [1.82, 2.24) is 0 Å². The van der Waals surface area contributed by atoms with Crippen molar-refractivity contribution in [2.45, 2.75) is 6.18 Å². The summed E-state index contributed by atoms with van der Waals surface area (Å²) >= 11 is 6.00. The highest BCUT2D eigenvalue weighted by atomic mass is 35.5. The zero-order chi connectivity index (χ0) is 13.9. The van der Waals surface area contributed by atoms with E-state index in [2.05, 4.69) is 4.99 Å². The molecule has 2 aromatic rings. The van der Waals surface area contributed by atoms with Crippen molar-refractivity contribution in [2.24, 2.45) is 4.99 Å². The maximum Gasteiger partial charge on any atom is 0.416 e. The SMILES string of the molecule is FC(F)(F)c1ccc(/N=C(\Cl)c2ccccc2)cc1. The lowest BCUT2D eigenvalue weighted by Gasteiger charge is -2.06. The van der Waals surface area contributed by atoms with E-state index in [1.165, 1.54) is 12.1 Å². The van der Waals surface area contributed by atoms with E-state index in [0.717, 1.165) is 12.1 Å². The van der Waals surface area contributed by atoms with E-state index < -0.39 is 11.7 Å². The van der Waals surface area contributed by atoms with Gasteiger partial charge in [0.05, 0.1) is 11.3 Å². The largest absolute Gasteiger partial charge is 0.416 e. The van der Waals surface area contributed by atoms with Crippen molar-refractivity contribution in [3.05, 3.63) is 65.7 Å². The van der Waals surface area contributed by atoms with Crippen molar-refractivity contribution in [1.29, 1.82) is 0 Å². The molecule has 0 aliphatic heterocycles. The smallest absolute Gasteiger partial charge is 0.236 e. The molecular weight excluding hydrogens is 275 g/mol. The summed E-state index contributed by atoms with van der Waals surface area (Å²) in [5, 5.41) is 0.236. The van der Waals surface area contributed by atoms with Gasteiger partial charge >= 0.3 is 6.18 Å². The van der Waals surface area contributed by atoms with E-state index >= 15 is 0 Å². The molecule has 0 spiro atoms. The Kier molecular flexibility index (Phi) is 3.90. The lowest BCUT2D eigenvalue weighted by Crippen LogP contribution is -2.03. The molecule has 2 aromatic carbocycles. The van der Waals surface area contributed by atoms with Crippen LogP contribution >= 0.6 is 11.6 Å². The Morgan fingerprint density at radius 3 is 2.00 bits per heavy atom. The van der Waals surface area contributed by atoms with Gasteiger partial charge in [0, 0.05) is 5.56 Å². The number of benzene rings is 2. The molecule has 0 radical (unpaired) electrons. The first-order chi connectivity index (χ1) is 8.97. The fourth-order valence-electron chi connectivity index (χ4n) is 1.48. The van der Waals surface area contributed by atoms with E-state index in [-0.39, 0.29) is 5.17 Å². The van der Waals surface area contributed by atoms with Gasteiger partial charge in [0.1, 0.15) is 5.17 Å². The maximum absolute atomic E-state index is 12.4. The van der Waals surface area contributed by atoms with Crippen molar-refractivity contribution in [3.63, 3.8) is 0 Å². The Morgan fingerprint density at radius 1 is 0.895 bits per heavy atom. The molecule has 0 saturated carbocycles. The highest BCUT2D eigenvalue weighted by Crippen LogP contribution is 2.30. The zero-order valence-corrected chi connectivity index (χ0v) is 10.4. The Labute approximate surface area is 113 Å². The molecule has 0 aliphatic carbocycles. The second-order valence-electron chi connectivity index (χ2n) is 3.81. The number of halogens is 4. The number of rotatable bonds is 2. The summed E-state index contributed by atoms with van der Waals surface area (Å²) in [6.45, 7) is 0. The number of hydrogen-bond donors (Lipinski definition) is 0. The van der Waals surface area contributed by atoms with Gasteiger partial charge < -0.3 is 0 Å². The molecule has 0 saturated heterocycles. The Balaban J connectivity index is 2.24. The van der Waals surface area contributed by atoms with Gasteiger partial charge in [-0.05, 0) is 24.3 Å². The van der Waals surface area contributed by atoms with E-state index in [0.29, 0.717) is 11.3 Å². The summed E-state index contributed by atoms with van der Waals surface area (Å²) < 4.78 is 37.2. The third-order valence-corrected chi connectivity index (χ3v) is 2.74. The molecule has 98 valence electrons. The van der Waals surface area contributed by atoms with Gasteiger partial charge in [0.25, 0.3) is 0 Å². The Morgan fingerprint density at radius 2 is 1.47 bits per heavy atom. The van der Waals surface area contributed by atoms with Crippen LogP contribution in [0, 0.1) is 0 Å². The number of hydrogen-bond acceptors (Lipinski definition) is 1. The summed E-state index contributed by atoms with van der Waals surface area (Å²) in [5.41, 5.74) is 0.383. The lowest BCUT2D eigenvalue weighted by molar-refractivity contribution is -0.137. The molecule has 0 aliphatic rings. The standard InChI is InChI=1S/C14H9ClF3N/c15-13(10-4-2-1-3-5-10)19-12-8-6-11(7-9-12)14(16,17)18/h1-9H/b19-13-. The van der Waals surface area contributed by atoms with Crippen LogP contribution in [0.4, 0.5) is 18.9 Å². The van der Waals surface area contributed by atoms with Crippen LogP contribution in [0.15, 0.2) is 59.6 Å². The van der Waals surface area contributed by atoms with Gasteiger partial charge in [-0.3, -0.25) is 0 Å². The Hall–Kier alpha value is -1.81. The summed E-state index contributed by atoms with van der Waals surface area (Å²) in [7, 11) is 0. The maximum atomic E-state index is 12.4. The van der Waals surface area contributed by atoms with Crippen molar-refractivity contribution < 1.29 is 13.2 Å². The predicted octanol–water partition coefficient (Wildman–Crippen LogP) is 5.02. The first kappa shape index (κ1) is 13.6. The molecule has 0 amide bonds. The molecular formula is C14H9ClF3N. The average Bonchev–Trinajstić information content (AvgIpc) is 2.39. The minimum absolute atomic E-state index is 0.236. The van der Waals surface area contributed by atoms with Crippen LogP contribution in [-0.2, 0) is 6.18 Å². The minimum Gasteiger partial charge on any atom is -0.236 e. The van der Waals surface area contributed by atoms with E-state index in [4.69, 9.17) is 11.6 Å². The summed E-state index contributed by atoms with van der Waals surface area (Å²) in [6.07, 6.45) is -4.34. The first-order valence-corrected chi connectivity index (χ1v) is 5.81. The highest BCUT2D eigenvalue weighted by molar-refractivity contribution is 6.69. The van der Waals surface area contributed by atoms with Crippen LogP contribution in [0.5, 0.6) is 0 Å². The molecule has 0 bridgehead atoms. The van der Waals surface area contributed by atoms with Gasteiger partial charge in [0.2, 0.25) is 0 Å². The average molecular weight is 284 g/mol. The summed E-state index contributed by atoms with van der Waals surface area (Å²) in [5.74, 6) is 0. The van der Waals surface area contributed by atoms with Gasteiger partial charge in [-0.15, -0.1) is 0 Å². The van der Waals surface area contributed by atoms with E-state index in [1.54, 1.807) is 24.3 Å². The lowest BCUT2D eigenvalue weighted by atomic mass is 10.2. The molecule has 0 unspecified atom stereocenters. The van der Waals surface area contributed by atoms with Gasteiger partial charge in [-0.1, -0.05) is 41.9 Å². The Bertz CT molecular complexity index is 574. The van der Waals surface area contributed by atoms with Crippen LogP contribution in [0.3, 0.4) is 0 Å². The molecule has 5 heteroatoms. The second-order valence-corrected chi connectivity index (χ2v) is 4.17. The topological polar surface area (TPSA) is 12.4 Å². The fourth-order valence-corrected chi connectivity index (χ4v) is 1.70. The van der Waals surface area contributed by atoms with Crippen molar-refractivity contribution in [3.8, 4) is 0 Å². The van der Waals surface area contributed by atoms with Gasteiger partial charge in [-0.25, -0.2) is 4.99 Å². The van der Waals surface area contributed by atoms with Crippen molar-refractivity contribution >= 4 is 22.5 Å². The molecule has 0 fully saturated rings. The highest BCUT2D eigenvalue weighted by Gasteiger charge is 2.29. The number of nitrogens with zero attached hydrogens (tertiary/aromatic N) is 1. The first-order valence-electron chi connectivity index (χ1n) is 5.44. The third-order valence-electron chi connectivity index (χ3n) is 2.43. The van der Waals surface area contributed by atoms with E-state index in [9.17, 15) is 13.2 Å². The van der Waals surface area contributed by atoms with Gasteiger partial charge in [0.15, 0.2) is 0 Å². The quantitative estimate of drug-likeness (QED) is 0.686. The zero-order valence-electron chi connectivity index (χ0n) is 9.66. The molecule has 0 N–H and O–H groups in total. The van der Waals surface area contributed by atoms with E-state index in [1.807, 2.05) is 6.07 Å². The summed E-state index contributed by atoms with van der Waals surface area (Å²) in [6, 6.07) is 13.5. The molecule has 1 nitrogen and oxygen atoms in total. The summed E-state index contributed by atoms with van der Waals surface area (Å²) in [4.78, 5) is 4.07. The molecule has 0 heterocycles. The molecule has 0 atom stereocenters. The van der Waals surface area contributed by atoms with Crippen LogP contribution in [0.2, 0.25) is 0 Å². The van der Waals surface area contributed by atoms with Crippen LogP contribution in [-0.4, -0.2) is 5.17 Å². The second kappa shape index (κ2) is 5.45. The monoisotopic (exact) mass is 283 g/mol. The molecule has 19 heavy (non-hydrogen) atoms. The fraction of sp³-hybridized carbons (Fsp3) is 0.0714. The molecule has 2 rings (SSSR count). The number of alkyl halides is 3. The third kappa shape index (κ3) is 3.58. The number of aliphatic imine (C=N–C) groups is 1. The van der Waals surface area contributed by atoms with Crippen LogP contribution < -0.4 is 0 Å². The normalized spacial score (nSPS) is 12.5. The predicted molar refractivity (Wildman–Crippen MR) is 69.9 cm³/mol. The van der Waals surface area contributed by atoms with Crippen molar-refractivity contribution in [2.75, 3.05) is 0 Å².